The largest absolute Gasteiger partial charge is 0.370 e. The van der Waals surface area contributed by atoms with Gasteiger partial charge in [0.2, 0.25) is 5.91 Å². The van der Waals surface area contributed by atoms with Crippen molar-refractivity contribution in [1.82, 2.24) is 14.8 Å². The molecule has 1 aromatic heterocycles. The number of nitrogens with zero attached hydrogens (tertiary/aromatic N) is 3. The second-order valence-corrected chi connectivity index (χ2v) is 8.25. The molecule has 2 aliphatic rings. The molecule has 1 saturated heterocycles. The van der Waals surface area contributed by atoms with Gasteiger partial charge >= 0.3 is 0 Å². The molecule has 0 bridgehead atoms. The standard InChI is InChI=1S/C24H31N3O2/c28-24-18-26(15-21-11-7-8-14-25-21)16-23(29-19-20-9-3-1-4-10-20)17-27(24)22-12-5-2-6-13-22/h1,3-4,7-11,14,22-23H,2,5-6,12-13,15-19H2/t23-/m1/s1. The predicted octanol–water partition coefficient (Wildman–Crippen LogP) is 3.64. The molecule has 154 valence electrons. The van der Waals surface area contributed by atoms with Crippen LogP contribution in [0.25, 0.3) is 0 Å². The van der Waals surface area contributed by atoms with Crippen LogP contribution < -0.4 is 0 Å². The van der Waals surface area contributed by atoms with Crippen molar-refractivity contribution in [2.75, 3.05) is 19.6 Å². The van der Waals surface area contributed by atoms with E-state index in [1.807, 2.05) is 42.6 Å². The molecule has 0 radical (unpaired) electrons. The first-order valence-electron chi connectivity index (χ1n) is 10.9. The molecule has 1 atom stereocenters. The molecule has 2 heterocycles. The third kappa shape index (κ3) is 5.64. The molecule has 1 aliphatic heterocycles. The Balaban J connectivity index is 1.47. The van der Waals surface area contributed by atoms with Crippen LogP contribution in [0.15, 0.2) is 54.7 Å². The molecule has 0 N–H and O–H groups in total. The summed E-state index contributed by atoms with van der Waals surface area (Å²) in [5.74, 6) is 0.235. The minimum atomic E-state index is 0.00675. The summed E-state index contributed by atoms with van der Waals surface area (Å²) >= 11 is 0. The van der Waals surface area contributed by atoms with Crippen molar-refractivity contribution in [3.05, 3.63) is 66.0 Å². The highest BCUT2D eigenvalue weighted by molar-refractivity contribution is 5.79. The molecule has 4 rings (SSSR count). The second kappa shape index (κ2) is 9.99. The van der Waals surface area contributed by atoms with E-state index in [9.17, 15) is 4.79 Å². The van der Waals surface area contributed by atoms with Crippen LogP contribution in [-0.2, 0) is 22.7 Å². The van der Waals surface area contributed by atoms with Gasteiger partial charge in [-0.15, -0.1) is 0 Å². The fourth-order valence-electron chi connectivity index (χ4n) is 4.49. The number of hydrogen-bond donors (Lipinski definition) is 0. The molecule has 1 aromatic carbocycles. The number of carbonyl (C=O) groups is 1. The Morgan fingerprint density at radius 2 is 1.76 bits per heavy atom. The van der Waals surface area contributed by atoms with Crippen LogP contribution in [0.3, 0.4) is 0 Å². The van der Waals surface area contributed by atoms with Gasteiger partial charge in [-0.25, -0.2) is 0 Å². The molecule has 2 aromatic rings. The monoisotopic (exact) mass is 393 g/mol. The highest BCUT2D eigenvalue weighted by atomic mass is 16.5. The maximum atomic E-state index is 13.1. The third-order valence-corrected chi connectivity index (χ3v) is 6.00. The summed E-state index contributed by atoms with van der Waals surface area (Å²) in [5, 5.41) is 0. The van der Waals surface area contributed by atoms with Crippen molar-refractivity contribution in [3.63, 3.8) is 0 Å². The zero-order chi connectivity index (χ0) is 19.9. The van der Waals surface area contributed by atoms with Gasteiger partial charge in [0.1, 0.15) is 0 Å². The van der Waals surface area contributed by atoms with E-state index in [1.54, 1.807) is 0 Å². The number of aromatic nitrogens is 1. The van der Waals surface area contributed by atoms with E-state index in [4.69, 9.17) is 4.74 Å². The average molecular weight is 394 g/mol. The molecule has 0 unspecified atom stereocenters. The van der Waals surface area contributed by atoms with Gasteiger partial charge in [-0.2, -0.15) is 0 Å². The number of ether oxygens (including phenoxy) is 1. The van der Waals surface area contributed by atoms with Crippen LogP contribution in [0.5, 0.6) is 0 Å². The molecular weight excluding hydrogens is 362 g/mol. The fourth-order valence-corrected chi connectivity index (χ4v) is 4.49. The summed E-state index contributed by atoms with van der Waals surface area (Å²) < 4.78 is 6.33. The maximum Gasteiger partial charge on any atom is 0.237 e. The summed E-state index contributed by atoms with van der Waals surface area (Å²) in [4.78, 5) is 21.9. The number of carbonyl (C=O) groups excluding carboxylic acids is 1. The van der Waals surface area contributed by atoms with Gasteiger partial charge in [0.15, 0.2) is 0 Å². The van der Waals surface area contributed by atoms with E-state index >= 15 is 0 Å². The number of hydrogen-bond acceptors (Lipinski definition) is 4. The van der Waals surface area contributed by atoms with Crippen molar-refractivity contribution in [1.29, 1.82) is 0 Å². The zero-order valence-corrected chi connectivity index (χ0v) is 17.1. The average Bonchev–Trinajstić information content (AvgIpc) is 2.92. The lowest BCUT2D eigenvalue weighted by Crippen LogP contribution is -2.45. The SMILES string of the molecule is O=C1CN(Cc2ccccn2)C[C@@H](OCc2ccccc2)CN1C1CCCCC1. The Hall–Kier alpha value is -2.24. The lowest BCUT2D eigenvalue weighted by atomic mass is 9.94. The van der Waals surface area contributed by atoms with Crippen LogP contribution in [0.2, 0.25) is 0 Å². The first kappa shape index (κ1) is 20.0. The molecule has 1 amide bonds. The Morgan fingerprint density at radius 3 is 2.52 bits per heavy atom. The van der Waals surface area contributed by atoms with E-state index in [0.717, 1.165) is 25.1 Å². The van der Waals surface area contributed by atoms with Gasteiger partial charge in [-0.3, -0.25) is 14.7 Å². The number of amides is 1. The minimum absolute atomic E-state index is 0.00675. The molecule has 5 nitrogen and oxygen atoms in total. The van der Waals surface area contributed by atoms with Gasteiger partial charge in [0.25, 0.3) is 0 Å². The first-order chi connectivity index (χ1) is 14.3. The van der Waals surface area contributed by atoms with Crippen LogP contribution in [-0.4, -0.2) is 52.5 Å². The Morgan fingerprint density at radius 1 is 0.966 bits per heavy atom. The van der Waals surface area contributed by atoms with Crippen LogP contribution >= 0.6 is 0 Å². The van der Waals surface area contributed by atoms with Crippen LogP contribution in [0, 0.1) is 0 Å². The highest BCUT2D eigenvalue weighted by Crippen LogP contribution is 2.25. The Labute approximate surface area is 173 Å². The van der Waals surface area contributed by atoms with Gasteiger partial charge < -0.3 is 9.64 Å². The van der Waals surface area contributed by atoms with Gasteiger partial charge in [-0.1, -0.05) is 55.7 Å². The van der Waals surface area contributed by atoms with Crippen molar-refractivity contribution in [2.24, 2.45) is 0 Å². The summed E-state index contributed by atoms with van der Waals surface area (Å²) in [6.07, 6.45) is 7.80. The van der Waals surface area contributed by atoms with Gasteiger partial charge in [0, 0.05) is 31.9 Å². The summed E-state index contributed by atoms with van der Waals surface area (Å²) in [7, 11) is 0. The van der Waals surface area contributed by atoms with E-state index in [-0.39, 0.29) is 12.0 Å². The lowest BCUT2D eigenvalue weighted by Gasteiger charge is -2.35. The smallest absolute Gasteiger partial charge is 0.237 e. The van der Waals surface area contributed by atoms with E-state index < -0.39 is 0 Å². The maximum absolute atomic E-state index is 13.1. The van der Waals surface area contributed by atoms with Gasteiger partial charge in [-0.05, 0) is 30.5 Å². The fraction of sp³-hybridized carbons (Fsp3) is 0.500. The minimum Gasteiger partial charge on any atom is -0.370 e. The molecule has 2 fully saturated rings. The number of benzene rings is 1. The normalized spacial score (nSPS) is 21.9. The molecule has 5 heteroatoms. The zero-order valence-electron chi connectivity index (χ0n) is 17.1. The summed E-state index contributed by atoms with van der Waals surface area (Å²) in [6.45, 7) is 3.14. The van der Waals surface area contributed by atoms with Crippen molar-refractivity contribution in [2.45, 2.75) is 57.4 Å². The Kier molecular flexibility index (Phi) is 6.91. The molecular formula is C24H31N3O2. The van der Waals surface area contributed by atoms with Gasteiger partial charge in [0.05, 0.1) is 24.9 Å². The van der Waals surface area contributed by atoms with Crippen molar-refractivity contribution >= 4 is 5.91 Å². The molecule has 1 aliphatic carbocycles. The summed E-state index contributed by atoms with van der Waals surface area (Å²) in [6, 6.07) is 16.6. The molecule has 0 spiro atoms. The molecule has 29 heavy (non-hydrogen) atoms. The van der Waals surface area contributed by atoms with Crippen molar-refractivity contribution < 1.29 is 9.53 Å². The quantitative estimate of drug-likeness (QED) is 0.752. The lowest BCUT2D eigenvalue weighted by molar-refractivity contribution is -0.135. The van der Waals surface area contributed by atoms with Crippen LogP contribution in [0.4, 0.5) is 0 Å². The number of rotatable bonds is 6. The van der Waals surface area contributed by atoms with Crippen molar-refractivity contribution in [3.8, 4) is 0 Å². The second-order valence-electron chi connectivity index (χ2n) is 8.25. The summed E-state index contributed by atoms with van der Waals surface area (Å²) in [5.41, 5.74) is 2.16. The van der Waals surface area contributed by atoms with Crippen LogP contribution in [0.1, 0.15) is 43.4 Å². The van der Waals surface area contributed by atoms with E-state index in [0.29, 0.717) is 32.3 Å². The first-order valence-corrected chi connectivity index (χ1v) is 10.9. The topological polar surface area (TPSA) is 45.7 Å². The number of pyridine rings is 1. The Bertz CT molecular complexity index is 762. The van der Waals surface area contributed by atoms with E-state index in [2.05, 4.69) is 26.9 Å². The highest BCUT2D eigenvalue weighted by Gasteiger charge is 2.33. The predicted molar refractivity (Wildman–Crippen MR) is 113 cm³/mol. The van der Waals surface area contributed by atoms with E-state index in [1.165, 1.54) is 24.8 Å². The molecule has 1 saturated carbocycles. The third-order valence-electron chi connectivity index (χ3n) is 6.00.